The van der Waals surface area contributed by atoms with Gasteiger partial charge >= 0.3 is 0 Å². The molecule has 0 spiro atoms. The fourth-order valence-corrected chi connectivity index (χ4v) is 3.46. The molecule has 0 bridgehead atoms. The minimum absolute atomic E-state index is 0.109. The third-order valence-electron chi connectivity index (χ3n) is 4.95. The number of para-hydroxylation sites is 1. The van der Waals surface area contributed by atoms with E-state index in [1.54, 1.807) is 4.68 Å². The number of nitrogens with zero attached hydrogens (tertiary/aromatic N) is 4. The van der Waals surface area contributed by atoms with Crippen molar-refractivity contribution in [2.45, 2.75) is 18.9 Å². The number of piperidine rings is 1. The van der Waals surface area contributed by atoms with Crippen molar-refractivity contribution < 1.29 is 4.79 Å². The summed E-state index contributed by atoms with van der Waals surface area (Å²) in [7, 11) is 1.94. The smallest absolute Gasteiger partial charge is 0.293 e. The first kappa shape index (κ1) is 17.4. The van der Waals surface area contributed by atoms with E-state index in [2.05, 4.69) is 15.4 Å². The summed E-state index contributed by atoms with van der Waals surface area (Å²) in [6.45, 7) is 1.44. The highest BCUT2D eigenvalue weighted by atomic mass is 16.2. The molecule has 1 amide bonds. The van der Waals surface area contributed by atoms with Gasteiger partial charge in [-0.2, -0.15) is 0 Å². The van der Waals surface area contributed by atoms with Gasteiger partial charge in [0.15, 0.2) is 5.82 Å². The minimum atomic E-state index is -0.109. The van der Waals surface area contributed by atoms with Gasteiger partial charge in [-0.25, -0.2) is 9.67 Å². The zero-order valence-electron chi connectivity index (χ0n) is 15.4. The number of carbonyl (C=O) groups excluding carboxylic acids is 1. The Morgan fingerprint density at radius 2 is 1.78 bits per heavy atom. The lowest BCUT2D eigenvalue weighted by Crippen LogP contribution is -2.47. The number of hydrogen-bond acceptors (Lipinski definition) is 4. The van der Waals surface area contributed by atoms with Crippen LogP contribution in [-0.2, 0) is 0 Å². The van der Waals surface area contributed by atoms with E-state index in [4.69, 9.17) is 0 Å². The predicted octanol–water partition coefficient (Wildman–Crippen LogP) is 2.76. The third-order valence-corrected chi connectivity index (χ3v) is 4.95. The Labute approximate surface area is 158 Å². The van der Waals surface area contributed by atoms with E-state index in [-0.39, 0.29) is 11.7 Å². The van der Waals surface area contributed by atoms with Crippen LogP contribution in [-0.4, -0.2) is 51.8 Å². The molecule has 1 saturated heterocycles. The molecule has 1 unspecified atom stereocenters. The molecule has 2 aromatic carbocycles. The van der Waals surface area contributed by atoms with Crippen molar-refractivity contribution in [3.8, 4) is 17.1 Å². The molecule has 138 valence electrons. The molecule has 6 nitrogen and oxygen atoms in total. The Kier molecular flexibility index (Phi) is 4.98. The number of aromatic nitrogens is 3. The first-order valence-corrected chi connectivity index (χ1v) is 9.30. The van der Waals surface area contributed by atoms with Gasteiger partial charge in [0.1, 0.15) is 0 Å². The maximum atomic E-state index is 13.0. The zero-order valence-corrected chi connectivity index (χ0v) is 15.4. The number of rotatable bonds is 4. The maximum Gasteiger partial charge on any atom is 0.293 e. The summed E-state index contributed by atoms with van der Waals surface area (Å²) in [6, 6.07) is 20.0. The van der Waals surface area contributed by atoms with Gasteiger partial charge < -0.3 is 10.2 Å². The fourth-order valence-electron chi connectivity index (χ4n) is 3.46. The second-order valence-electron chi connectivity index (χ2n) is 6.75. The predicted molar refractivity (Wildman–Crippen MR) is 105 cm³/mol. The molecule has 6 heteroatoms. The number of carbonyl (C=O) groups is 1. The van der Waals surface area contributed by atoms with E-state index in [9.17, 15) is 4.79 Å². The van der Waals surface area contributed by atoms with Crippen LogP contribution in [0.1, 0.15) is 23.5 Å². The summed E-state index contributed by atoms with van der Waals surface area (Å²) in [5.74, 6) is 0.809. The molecule has 0 aliphatic carbocycles. The third kappa shape index (κ3) is 3.61. The topological polar surface area (TPSA) is 63.1 Å². The minimum Gasteiger partial charge on any atom is -0.334 e. The Morgan fingerprint density at radius 1 is 1.07 bits per heavy atom. The Hall–Kier alpha value is -2.99. The Balaban J connectivity index is 1.72. The Morgan fingerprint density at radius 3 is 2.48 bits per heavy atom. The quantitative estimate of drug-likeness (QED) is 0.776. The highest BCUT2D eigenvalue weighted by Gasteiger charge is 2.27. The normalized spacial score (nSPS) is 17.1. The van der Waals surface area contributed by atoms with Gasteiger partial charge in [-0.15, -0.1) is 5.10 Å². The average molecular weight is 361 g/mol. The molecule has 27 heavy (non-hydrogen) atoms. The molecule has 1 fully saturated rings. The van der Waals surface area contributed by atoms with Crippen LogP contribution in [0, 0.1) is 0 Å². The van der Waals surface area contributed by atoms with Crippen molar-refractivity contribution in [3.05, 3.63) is 66.5 Å². The van der Waals surface area contributed by atoms with Crippen LogP contribution in [0.3, 0.4) is 0 Å². The van der Waals surface area contributed by atoms with E-state index in [1.807, 2.05) is 72.6 Å². The van der Waals surface area contributed by atoms with E-state index in [0.29, 0.717) is 18.4 Å². The van der Waals surface area contributed by atoms with E-state index < -0.39 is 0 Å². The second kappa shape index (κ2) is 7.72. The standard InChI is InChI=1S/C21H23N5O/c1-22-17-11-8-14-25(15-17)21(27)19-23-20(16-9-4-2-5-10-16)26(24-19)18-12-6-3-7-13-18/h2-7,9-10,12-13,17,22H,8,11,14-15H2,1H3. The zero-order chi connectivity index (χ0) is 18.6. The van der Waals surface area contributed by atoms with Gasteiger partial charge in [0.2, 0.25) is 5.82 Å². The molecular formula is C21H23N5O. The number of nitrogens with one attached hydrogen (secondary N) is 1. The molecule has 1 aliphatic rings. The summed E-state index contributed by atoms with van der Waals surface area (Å²) in [5.41, 5.74) is 1.81. The number of likely N-dealkylation sites (tertiary alicyclic amines) is 1. The number of hydrogen-bond donors (Lipinski definition) is 1. The van der Waals surface area contributed by atoms with Crippen molar-refractivity contribution in [1.82, 2.24) is 25.0 Å². The maximum absolute atomic E-state index is 13.0. The molecule has 1 atom stereocenters. The SMILES string of the molecule is CNC1CCCN(C(=O)c2nc(-c3ccccc3)n(-c3ccccc3)n2)C1. The molecular weight excluding hydrogens is 338 g/mol. The van der Waals surface area contributed by atoms with Gasteiger partial charge in [-0.05, 0) is 32.0 Å². The molecule has 0 saturated carbocycles. The second-order valence-corrected chi connectivity index (χ2v) is 6.75. The van der Waals surface area contributed by atoms with Crippen LogP contribution in [0.2, 0.25) is 0 Å². The lowest BCUT2D eigenvalue weighted by Gasteiger charge is -2.31. The molecule has 0 radical (unpaired) electrons. The number of benzene rings is 2. The number of likely N-dealkylation sites (N-methyl/N-ethyl adjacent to an activating group) is 1. The van der Waals surface area contributed by atoms with Crippen LogP contribution in [0.15, 0.2) is 60.7 Å². The monoisotopic (exact) mass is 361 g/mol. The Bertz CT molecular complexity index is 850. The van der Waals surface area contributed by atoms with E-state index >= 15 is 0 Å². The summed E-state index contributed by atoms with van der Waals surface area (Å²) >= 11 is 0. The van der Waals surface area contributed by atoms with Gasteiger partial charge in [0, 0.05) is 24.7 Å². The molecule has 1 aliphatic heterocycles. The molecule has 3 aromatic rings. The average Bonchev–Trinajstić information content (AvgIpc) is 3.20. The highest BCUT2D eigenvalue weighted by Crippen LogP contribution is 2.22. The first-order valence-electron chi connectivity index (χ1n) is 9.30. The van der Waals surface area contributed by atoms with Gasteiger partial charge in [-0.1, -0.05) is 48.5 Å². The van der Waals surface area contributed by atoms with Crippen molar-refractivity contribution >= 4 is 5.91 Å². The lowest BCUT2D eigenvalue weighted by molar-refractivity contribution is 0.0686. The number of amides is 1. The molecule has 2 heterocycles. The summed E-state index contributed by atoms with van der Waals surface area (Å²) in [6.07, 6.45) is 2.07. The molecule has 1 aromatic heterocycles. The highest BCUT2D eigenvalue weighted by molar-refractivity contribution is 5.91. The summed E-state index contributed by atoms with van der Waals surface area (Å²) in [4.78, 5) is 19.5. The molecule has 4 rings (SSSR count). The van der Waals surface area contributed by atoms with Crippen LogP contribution in [0.5, 0.6) is 0 Å². The summed E-state index contributed by atoms with van der Waals surface area (Å²) < 4.78 is 1.75. The largest absolute Gasteiger partial charge is 0.334 e. The fraction of sp³-hybridized carbons (Fsp3) is 0.286. The van der Waals surface area contributed by atoms with Crippen LogP contribution >= 0.6 is 0 Å². The van der Waals surface area contributed by atoms with Gasteiger partial charge in [0.25, 0.3) is 5.91 Å². The summed E-state index contributed by atoms with van der Waals surface area (Å²) in [5, 5.41) is 7.85. The van der Waals surface area contributed by atoms with Crippen LogP contribution < -0.4 is 5.32 Å². The lowest BCUT2D eigenvalue weighted by atomic mass is 10.1. The van der Waals surface area contributed by atoms with Gasteiger partial charge in [0.05, 0.1) is 5.69 Å². The van der Waals surface area contributed by atoms with E-state index in [0.717, 1.165) is 30.6 Å². The van der Waals surface area contributed by atoms with E-state index in [1.165, 1.54) is 0 Å². The van der Waals surface area contributed by atoms with Gasteiger partial charge in [-0.3, -0.25) is 4.79 Å². The van der Waals surface area contributed by atoms with Crippen molar-refractivity contribution in [3.63, 3.8) is 0 Å². The first-order chi connectivity index (χ1) is 13.3. The molecule has 1 N–H and O–H groups in total. The van der Waals surface area contributed by atoms with Crippen molar-refractivity contribution in [1.29, 1.82) is 0 Å². The van der Waals surface area contributed by atoms with Crippen LogP contribution in [0.4, 0.5) is 0 Å². The van der Waals surface area contributed by atoms with Crippen molar-refractivity contribution in [2.24, 2.45) is 0 Å². The van der Waals surface area contributed by atoms with Crippen molar-refractivity contribution in [2.75, 3.05) is 20.1 Å². The van der Waals surface area contributed by atoms with Crippen LogP contribution in [0.25, 0.3) is 17.1 Å².